The molecule has 0 aromatic carbocycles. The second kappa shape index (κ2) is 4.79. The topological polar surface area (TPSA) is 69.4 Å². The summed E-state index contributed by atoms with van der Waals surface area (Å²) in [6.45, 7) is 6.12. The third kappa shape index (κ3) is 6.57. The summed E-state index contributed by atoms with van der Waals surface area (Å²) in [5.41, 5.74) is 0. The van der Waals surface area contributed by atoms with E-state index in [0.717, 1.165) is 0 Å². The Balaban J connectivity index is 3.58. The highest BCUT2D eigenvalue weighted by molar-refractivity contribution is 7.89. The maximum atomic E-state index is 10.5. The second-order valence-electron chi connectivity index (χ2n) is 3.19. The van der Waals surface area contributed by atoms with E-state index in [1.807, 2.05) is 20.8 Å². The first-order chi connectivity index (χ1) is 5.33. The van der Waals surface area contributed by atoms with E-state index < -0.39 is 10.0 Å². The third-order valence-electron chi connectivity index (χ3n) is 1.69. The zero-order valence-corrected chi connectivity index (χ0v) is 8.60. The van der Waals surface area contributed by atoms with Crippen LogP contribution < -0.4 is 5.14 Å². The summed E-state index contributed by atoms with van der Waals surface area (Å²) in [5, 5.41) is 4.79. The maximum absolute atomic E-state index is 10.5. The molecule has 74 valence electrons. The Kier molecular flexibility index (Phi) is 4.74. The minimum atomic E-state index is -3.37. The van der Waals surface area contributed by atoms with Crippen molar-refractivity contribution in [3.05, 3.63) is 0 Å². The summed E-state index contributed by atoms with van der Waals surface area (Å²) >= 11 is 0. The summed E-state index contributed by atoms with van der Waals surface area (Å²) in [5.74, 6) is 0.287. The number of sulfonamides is 1. The van der Waals surface area contributed by atoms with E-state index in [1.165, 1.54) is 0 Å². The summed E-state index contributed by atoms with van der Waals surface area (Å²) < 4.78 is 26.2. The van der Waals surface area contributed by atoms with Crippen LogP contribution in [-0.4, -0.2) is 26.9 Å². The summed E-state index contributed by atoms with van der Waals surface area (Å²) in [6, 6.07) is 0. The van der Waals surface area contributed by atoms with Crippen molar-refractivity contribution in [2.45, 2.75) is 26.9 Å². The molecule has 1 atom stereocenters. The predicted molar refractivity (Wildman–Crippen MR) is 48.2 cm³/mol. The van der Waals surface area contributed by atoms with Crippen LogP contribution in [0.4, 0.5) is 0 Å². The van der Waals surface area contributed by atoms with Gasteiger partial charge in [0.05, 0.1) is 18.5 Å². The molecule has 0 aliphatic heterocycles. The van der Waals surface area contributed by atoms with Crippen molar-refractivity contribution >= 4 is 10.0 Å². The molecular formula is C7H17NO3S. The van der Waals surface area contributed by atoms with Gasteiger partial charge in [0.25, 0.3) is 0 Å². The molecule has 0 saturated carbocycles. The van der Waals surface area contributed by atoms with Gasteiger partial charge in [0.1, 0.15) is 0 Å². The fourth-order valence-corrected chi connectivity index (χ4v) is 0.871. The highest BCUT2D eigenvalue weighted by atomic mass is 32.2. The van der Waals surface area contributed by atoms with Crippen LogP contribution in [0.5, 0.6) is 0 Å². The van der Waals surface area contributed by atoms with Crippen LogP contribution in [0.2, 0.25) is 0 Å². The number of ether oxygens (including phenoxy) is 1. The number of primary sulfonamides is 1. The monoisotopic (exact) mass is 195 g/mol. The Morgan fingerprint density at radius 2 is 1.83 bits per heavy atom. The fraction of sp³-hybridized carbons (Fsp3) is 1.00. The summed E-state index contributed by atoms with van der Waals surface area (Å²) in [4.78, 5) is 0. The first-order valence-corrected chi connectivity index (χ1v) is 5.66. The fourth-order valence-electron chi connectivity index (χ4n) is 0.543. The molecule has 0 fully saturated rings. The van der Waals surface area contributed by atoms with Crippen LogP contribution in [0.3, 0.4) is 0 Å². The molecule has 0 aromatic heterocycles. The van der Waals surface area contributed by atoms with Crippen molar-refractivity contribution in [1.29, 1.82) is 0 Å². The van der Waals surface area contributed by atoms with Gasteiger partial charge < -0.3 is 4.74 Å². The molecule has 1 unspecified atom stereocenters. The van der Waals surface area contributed by atoms with Crippen molar-refractivity contribution in [1.82, 2.24) is 0 Å². The van der Waals surface area contributed by atoms with Gasteiger partial charge in [-0.1, -0.05) is 13.8 Å². The van der Waals surface area contributed by atoms with E-state index in [-0.39, 0.29) is 18.5 Å². The first-order valence-electron chi connectivity index (χ1n) is 3.95. The van der Waals surface area contributed by atoms with E-state index in [2.05, 4.69) is 0 Å². The molecule has 0 saturated heterocycles. The molecule has 4 nitrogen and oxygen atoms in total. The molecule has 0 rings (SSSR count). The van der Waals surface area contributed by atoms with E-state index in [4.69, 9.17) is 9.88 Å². The van der Waals surface area contributed by atoms with Gasteiger partial charge in [-0.15, -0.1) is 0 Å². The molecule has 0 aromatic rings. The molecular weight excluding hydrogens is 178 g/mol. The van der Waals surface area contributed by atoms with Gasteiger partial charge in [-0.05, 0) is 12.8 Å². The Morgan fingerprint density at radius 3 is 2.17 bits per heavy atom. The van der Waals surface area contributed by atoms with Crippen molar-refractivity contribution in [2.75, 3.05) is 12.4 Å². The zero-order chi connectivity index (χ0) is 9.78. The van der Waals surface area contributed by atoms with E-state index in [1.54, 1.807) is 0 Å². The summed E-state index contributed by atoms with van der Waals surface area (Å²) in [6.07, 6.45) is 0.0757. The van der Waals surface area contributed by atoms with Crippen LogP contribution in [0.1, 0.15) is 20.8 Å². The van der Waals surface area contributed by atoms with Gasteiger partial charge in [0.15, 0.2) is 0 Å². The average molecular weight is 195 g/mol. The number of hydrogen-bond donors (Lipinski definition) is 1. The molecule has 0 aliphatic carbocycles. The van der Waals surface area contributed by atoms with Crippen LogP contribution in [0.25, 0.3) is 0 Å². The van der Waals surface area contributed by atoms with Crippen molar-refractivity contribution < 1.29 is 13.2 Å². The van der Waals surface area contributed by atoms with Crippen LogP contribution in [0.15, 0.2) is 0 Å². The predicted octanol–water partition coefficient (Wildman–Crippen LogP) is 0.336. The van der Waals surface area contributed by atoms with Crippen LogP contribution >= 0.6 is 0 Å². The van der Waals surface area contributed by atoms with E-state index >= 15 is 0 Å². The molecule has 0 spiro atoms. The molecule has 0 radical (unpaired) electrons. The zero-order valence-electron chi connectivity index (χ0n) is 7.78. The molecule has 2 N–H and O–H groups in total. The molecule has 0 amide bonds. The third-order valence-corrected chi connectivity index (χ3v) is 2.42. The molecule has 0 aliphatic rings. The van der Waals surface area contributed by atoms with Crippen LogP contribution in [-0.2, 0) is 14.8 Å². The van der Waals surface area contributed by atoms with Gasteiger partial charge >= 0.3 is 0 Å². The average Bonchev–Trinajstić information content (AvgIpc) is 1.84. The lowest BCUT2D eigenvalue weighted by Gasteiger charge is -2.15. The van der Waals surface area contributed by atoms with E-state index in [0.29, 0.717) is 5.92 Å². The van der Waals surface area contributed by atoms with Crippen molar-refractivity contribution in [3.8, 4) is 0 Å². The number of hydrogen-bond acceptors (Lipinski definition) is 3. The quantitative estimate of drug-likeness (QED) is 0.687. The minimum Gasteiger partial charge on any atom is -0.377 e. The minimum absolute atomic E-state index is 0.0757. The SMILES string of the molecule is CC(C)C(C)OCCS(N)(=O)=O. The molecule has 12 heavy (non-hydrogen) atoms. The molecule has 5 heteroatoms. The maximum Gasteiger partial charge on any atom is 0.211 e. The molecule has 0 bridgehead atoms. The highest BCUT2D eigenvalue weighted by Crippen LogP contribution is 2.04. The highest BCUT2D eigenvalue weighted by Gasteiger charge is 2.08. The second-order valence-corrected chi connectivity index (χ2v) is 4.92. The Bertz CT molecular complexity index is 211. The molecule has 0 heterocycles. The van der Waals surface area contributed by atoms with Crippen LogP contribution in [0, 0.1) is 5.92 Å². The smallest absolute Gasteiger partial charge is 0.211 e. The van der Waals surface area contributed by atoms with Gasteiger partial charge in [0, 0.05) is 0 Å². The van der Waals surface area contributed by atoms with Crippen molar-refractivity contribution in [3.63, 3.8) is 0 Å². The van der Waals surface area contributed by atoms with E-state index in [9.17, 15) is 8.42 Å². The standard InChI is InChI=1S/C7H17NO3S/c1-6(2)7(3)11-4-5-12(8,9)10/h6-7H,4-5H2,1-3H3,(H2,8,9,10). The summed E-state index contributed by atoms with van der Waals surface area (Å²) in [7, 11) is -3.37. The lowest BCUT2D eigenvalue weighted by Crippen LogP contribution is -2.24. The number of rotatable bonds is 5. The Hall–Kier alpha value is -0.130. The first kappa shape index (κ1) is 11.9. The van der Waals surface area contributed by atoms with Gasteiger partial charge in [0.2, 0.25) is 10.0 Å². The van der Waals surface area contributed by atoms with Crippen molar-refractivity contribution in [2.24, 2.45) is 11.1 Å². The lowest BCUT2D eigenvalue weighted by molar-refractivity contribution is 0.0455. The Labute approximate surface area is 74.1 Å². The van der Waals surface area contributed by atoms with Gasteiger partial charge in [-0.25, -0.2) is 13.6 Å². The largest absolute Gasteiger partial charge is 0.377 e. The van der Waals surface area contributed by atoms with Gasteiger partial charge in [-0.3, -0.25) is 0 Å². The van der Waals surface area contributed by atoms with Gasteiger partial charge in [-0.2, -0.15) is 0 Å². The number of nitrogens with two attached hydrogens (primary N) is 1. The Morgan fingerprint density at radius 1 is 1.33 bits per heavy atom. The lowest BCUT2D eigenvalue weighted by atomic mass is 10.1. The normalized spacial score (nSPS) is 15.1.